The second kappa shape index (κ2) is 6.00. The van der Waals surface area contributed by atoms with Gasteiger partial charge in [-0.1, -0.05) is 11.6 Å². The van der Waals surface area contributed by atoms with Crippen LogP contribution in [-0.2, 0) is 4.74 Å². The van der Waals surface area contributed by atoms with Crippen molar-refractivity contribution < 1.29 is 9.47 Å². The first-order chi connectivity index (χ1) is 9.22. The Labute approximate surface area is 126 Å². The number of halogens is 2. The molecule has 5 heteroatoms. The van der Waals surface area contributed by atoms with Gasteiger partial charge in [0, 0.05) is 36.4 Å². The van der Waals surface area contributed by atoms with E-state index in [9.17, 15) is 0 Å². The molecule has 0 aromatic heterocycles. The summed E-state index contributed by atoms with van der Waals surface area (Å²) >= 11 is 9.44. The van der Waals surface area contributed by atoms with Crippen molar-refractivity contribution in [2.75, 3.05) is 26.3 Å². The lowest BCUT2D eigenvalue weighted by Gasteiger charge is -2.44. The van der Waals surface area contributed by atoms with Crippen molar-refractivity contribution in [3.8, 4) is 5.75 Å². The van der Waals surface area contributed by atoms with Gasteiger partial charge in [-0.2, -0.15) is 0 Å². The molecule has 2 fully saturated rings. The van der Waals surface area contributed by atoms with Crippen LogP contribution in [0.2, 0.25) is 5.02 Å². The molecular weight excluding hydrogens is 330 g/mol. The van der Waals surface area contributed by atoms with Gasteiger partial charge in [0.25, 0.3) is 0 Å². The van der Waals surface area contributed by atoms with Gasteiger partial charge in [0.1, 0.15) is 11.9 Å². The summed E-state index contributed by atoms with van der Waals surface area (Å²) in [6.45, 7) is 3.84. The summed E-state index contributed by atoms with van der Waals surface area (Å²) in [6.07, 6.45) is 2.53. The summed E-state index contributed by atoms with van der Waals surface area (Å²) in [7, 11) is 0. The largest absolute Gasteiger partial charge is 0.490 e. The summed E-state index contributed by atoms with van der Waals surface area (Å²) in [5.41, 5.74) is 0. The quantitative estimate of drug-likeness (QED) is 0.838. The predicted molar refractivity (Wildman–Crippen MR) is 79.0 cm³/mol. The topological polar surface area (TPSA) is 21.7 Å². The van der Waals surface area contributed by atoms with Crippen LogP contribution in [-0.4, -0.2) is 43.3 Å². The molecular formula is C14H17BrClNO2. The maximum Gasteiger partial charge on any atom is 0.121 e. The number of ether oxygens (including phenoxy) is 2. The smallest absolute Gasteiger partial charge is 0.121 e. The van der Waals surface area contributed by atoms with E-state index >= 15 is 0 Å². The van der Waals surface area contributed by atoms with Crippen molar-refractivity contribution in [1.82, 2.24) is 4.90 Å². The fourth-order valence-corrected chi connectivity index (χ4v) is 3.03. The van der Waals surface area contributed by atoms with Gasteiger partial charge < -0.3 is 9.47 Å². The van der Waals surface area contributed by atoms with E-state index in [0.29, 0.717) is 17.2 Å². The molecule has 0 atom stereocenters. The third kappa shape index (κ3) is 3.24. The third-order valence-corrected chi connectivity index (χ3v) is 5.06. The van der Waals surface area contributed by atoms with Crippen LogP contribution in [0.1, 0.15) is 12.8 Å². The highest BCUT2D eigenvalue weighted by Gasteiger charge is 2.35. The SMILES string of the molecule is Clc1cc(O[C@H]2C[C@H](N3CCOCC3)C2)ccc1Br. The zero-order valence-electron chi connectivity index (χ0n) is 10.6. The zero-order chi connectivity index (χ0) is 13.2. The molecule has 1 aromatic rings. The minimum absolute atomic E-state index is 0.324. The molecule has 0 N–H and O–H groups in total. The molecule has 1 heterocycles. The van der Waals surface area contributed by atoms with Crippen LogP contribution >= 0.6 is 27.5 Å². The Kier molecular flexibility index (Phi) is 4.32. The number of hydrogen-bond donors (Lipinski definition) is 0. The van der Waals surface area contributed by atoms with E-state index in [1.54, 1.807) is 0 Å². The van der Waals surface area contributed by atoms with Gasteiger partial charge in [0.15, 0.2) is 0 Å². The van der Waals surface area contributed by atoms with Crippen molar-refractivity contribution in [2.45, 2.75) is 25.0 Å². The average Bonchev–Trinajstić information content (AvgIpc) is 2.38. The fraction of sp³-hybridized carbons (Fsp3) is 0.571. The van der Waals surface area contributed by atoms with Crippen LogP contribution in [0.25, 0.3) is 0 Å². The first-order valence-corrected chi connectivity index (χ1v) is 7.83. The van der Waals surface area contributed by atoms with E-state index in [1.807, 2.05) is 18.2 Å². The molecule has 1 saturated heterocycles. The highest BCUT2D eigenvalue weighted by Crippen LogP contribution is 2.32. The molecule has 3 nitrogen and oxygen atoms in total. The first-order valence-electron chi connectivity index (χ1n) is 6.66. The number of nitrogens with zero attached hydrogens (tertiary/aromatic N) is 1. The Bertz CT molecular complexity index is 445. The Morgan fingerprint density at radius 1 is 1.26 bits per heavy atom. The van der Waals surface area contributed by atoms with Crippen LogP contribution in [0.15, 0.2) is 22.7 Å². The normalized spacial score (nSPS) is 27.9. The lowest BCUT2D eigenvalue weighted by Crippen LogP contribution is -2.52. The van der Waals surface area contributed by atoms with Gasteiger partial charge in [0.05, 0.1) is 18.2 Å². The summed E-state index contributed by atoms with van der Waals surface area (Å²) < 4.78 is 12.2. The molecule has 1 aliphatic carbocycles. The maximum atomic E-state index is 6.06. The first kappa shape index (κ1) is 13.7. The summed E-state index contributed by atoms with van der Waals surface area (Å²) in [4.78, 5) is 2.51. The predicted octanol–water partition coefficient (Wildman–Crippen LogP) is 3.34. The van der Waals surface area contributed by atoms with Gasteiger partial charge in [-0.3, -0.25) is 4.90 Å². The van der Waals surface area contributed by atoms with E-state index in [1.165, 1.54) is 0 Å². The summed E-state index contributed by atoms with van der Waals surface area (Å²) in [6, 6.07) is 6.42. The second-order valence-corrected chi connectivity index (χ2v) is 6.35. The Morgan fingerprint density at radius 2 is 2.00 bits per heavy atom. The molecule has 0 bridgehead atoms. The molecule has 3 rings (SSSR count). The minimum Gasteiger partial charge on any atom is -0.490 e. The van der Waals surface area contributed by atoms with Crippen LogP contribution < -0.4 is 4.74 Å². The highest BCUT2D eigenvalue weighted by molar-refractivity contribution is 9.10. The van der Waals surface area contributed by atoms with E-state index in [4.69, 9.17) is 21.1 Å². The van der Waals surface area contributed by atoms with E-state index in [-0.39, 0.29) is 0 Å². The van der Waals surface area contributed by atoms with Gasteiger partial charge in [-0.25, -0.2) is 0 Å². The van der Waals surface area contributed by atoms with Crippen LogP contribution in [0.5, 0.6) is 5.75 Å². The van der Waals surface area contributed by atoms with Crippen LogP contribution in [0.3, 0.4) is 0 Å². The zero-order valence-corrected chi connectivity index (χ0v) is 13.0. The van der Waals surface area contributed by atoms with Gasteiger partial charge in [0.2, 0.25) is 0 Å². The van der Waals surface area contributed by atoms with E-state index < -0.39 is 0 Å². The fourth-order valence-electron chi connectivity index (χ4n) is 2.62. The standard InChI is InChI=1S/C14H17BrClNO2/c15-13-2-1-11(9-14(13)16)19-12-7-10(8-12)17-3-5-18-6-4-17/h1-2,9-10,12H,3-8H2/t10-,12-. The van der Waals surface area contributed by atoms with Gasteiger partial charge in [-0.05, 0) is 34.1 Å². The van der Waals surface area contributed by atoms with Gasteiger partial charge in [-0.15, -0.1) is 0 Å². The highest BCUT2D eigenvalue weighted by atomic mass is 79.9. The molecule has 0 spiro atoms. The minimum atomic E-state index is 0.324. The lowest BCUT2D eigenvalue weighted by atomic mass is 9.87. The Balaban J connectivity index is 1.49. The van der Waals surface area contributed by atoms with E-state index in [2.05, 4.69) is 20.8 Å². The van der Waals surface area contributed by atoms with Crippen molar-refractivity contribution in [3.05, 3.63) is 27.7 Å². The molecule has 1 saturated carbocycles. The monoisotopic (exact) mass is 345 g/mol. The molecule has 2 aliphatic rings. The molecule has 1 aromatic carbocycles. The average molecular weight is 347 g/mol. The molecule has 1 aliphatic heterocycles. The number of benzene rings is 1. The molecule has 0 amide bonds. The van der Waals surface area contributed by atoms with E-state index in [0.717, 1.165) is 49.4 Å². The lowest BCUT2D eigenvalue weighted by molar-refractivity contribution is -0.0373. The van der Waals surface area contributed by atoms with Crippen molar-refractivity contribution in [3.63, 3.8) is 0 Å². The molecule has 0 radical (unpaired) electrons. The maximum absolute atomic E-state index is 6.06. The Hall–Kier alpha value is -0.290. The van der Waals surface area contributed by atoms with Crippen molar-refractivity contribution in [2.24, 2.45) is 0 Å². The number of morpholine rings is 1. The van der Waals surface area contributed by atoms with Crippen LogP contribution in [0, 0.1) is 0 Å². The molecule has 19 heavy (non-hydrogen) atoms. The Morgan fingerprint density at radius 3 is 2.68 bits per heavy atom. The van der Waals surface area contributed by atoms with Crippen molar-refractivity contribution in [1.29, 1.82) is 0 Å². The summed E-state index contributed by atoms with van der Waals surface area (Å²) in [5, 5.41) is 0.696. The van der Waals surface area contributed by atoms with Crippen LogP contribution in [0.4, 0.5) is 0 Å². The second-order valence-electron chi connectivity index (χ2n) is 5.09. The molecule has 0 unspecified atom stereocenters. The number of rotatable bonds is 3. The third-order valence-electron chi connectivity index (χ3n) is 3.83. The summed E-state index contributed by atoms with van der Waals surface area (Å²) in [5.74, 6) is 0.860. The van der Waals surface area contributed by atoms with Gasteiger partial charge >= 0.3 is 0 Å². The number of hydrogen-bond acceptors (Lipinski definition) is 3. The molecule has 104 valence electrons. The van der Waals surface area contributed by atoms with Crippen molar-refractivity contribution >= 4 is 27.5 Å².